The van der Waals surface area contributed by atoms with E-state index in [0.717, 1.165) is 33.6 Å². The van der Waals surface area contributed by atoms with Crippen molar-refractivity contribution in [2.75, 3.05) is 0 Å². The highest BCUT2D eigenvalue weighted by molar-refractivity contribution is 6.62. The van der Waals surface area contributed by atoms with E-state index in [1.54, 1.807) is 0 Å². The first kappa shape index (κ1) is 31.5. The number of nitrogens with zero attached hydrogens (tertiary/aromatic N) is 3. The molecule has 11 rings (SSSR count). The van der Waals surface area contributed by atoms with Crippen LogP contribution in [0.4, 0.5) is 0 Å². The van der Waals surface area contributed by atoms with E-state index >= 15 is 0 Å². The lowest BCUT2D eigenvalue weighted by Gasteiger charge is -2.32. The van der Waals surface area contributed by atoms with Crippen molar-refractivity contribution >= 4 is 78.0 Å². The monoisotopic (exact) mass is 699 g/mol. The van der Waals surface area contributed by atoms with Gasteiger partial charge >= 0.3 is 7.12 Å². The first-order chi connectivity index (χ1) is 26.3. The topological polar surface area (TPSA) is 33.2 Å². The summed E-state index contributed by atoms with van der Waals surface area (Å²) in [7, 11) is -0.460. The minimum absolute atomic E-state index is 0.430. The maximum Gasteiger partial charge on any atom is 0.494 e. The molecular weight excluding hydrogens is 661 g/mol. The molecule has 7 aromatic carbocycles. The number of benzene rings is 7. The molecule has 0 radical (unpaired) electrons. The second kappa shape index (κ2) is 11.2. The number of aromatic nitrogens is 3. The smallest absolute Gasteiger partial charge is 0.399 e. The van der Waals surface area contributed by atoms with Crippen LogP contribution in [-0.2, 0) is 9.31 Å². The Kier molecular flexibility index (Phi) is 6.53. The third-order valence-corrected chi connectivity index (χ3v) is 12.1. The van der Waals surface area contributed by atoms with Gasteiger partial charge in [-0.25, -0.2) is 0 Å². The fourth-order valence-electron chi connectivity index (χ4n) is 8.78. The van der Waals surface area contributed by atoms with Gasteiger partial charge in [0, 0.05) is 38.0 Å². The fourth-order valence-corrected chi connectivity index (χ4v) is 8.78. The van der Waals surface area contributed by atoms with Crippen LogP contribution in [0.5, 0.6) is 0 Å². The Morgan fingerprint density at radius 1 is 0.370 bits per heavy atom. The number of hydrogen-bond donors (Lipinski definition) is 0. The highest BCUT2D eigenvalue weighted by atomic mass is 16.7. The first-order valence-electron chi connectivity index (χ1n) is 18.8. The van der Waals surface area contributed by atoms with Gasteiger partial charge in [0.15, 0.2) is 0 Å². The molecule has 0 unspecified atom stereocenters. The van der Waals surface area contributed by atoms with Gasteiger partial charge in [-0.1, -0.05) is 103 Å². The second-order valence-corrected chi connectivity index (χ2v) is 15.6. The van der Waals surface area contributed by atoms with Crippen molar-refractivity contribution < 1.29 is 9.31 Å². The maximum atomic E-state index is 6.54. The van der Waals surface area contributed by atoms with E-state index in [-0.39, 0.29) is 0 Å². The standard InChI is InChI=1S/C48H38BN3O2/c1-47(2)48(3,4)54-49(53-47)31-16-15-17-32(28-31)50-39-23-10-9-22-37(39)38-29-45(51-40-24-11-5-18-33(40)34-19-6-12-25-41(34)51)46(30-44(38)50)52-42-26-13-7-20-35(42)36-21-8-14-27-43(36)52/h5-30H,1-4H3. The molecule has 1 fully saturated rings. The van der Waals surface area contributed by atoms with Crippen LogP contribution in [0.15, 0.2) is 158 Å². The zero-order chi connectivity index (χ0) is 36.3. The van der Waals surface area contributed by atoms with Gasteiger partial charge in [0.25, 0.3) is 0 Å². The Hall–Kier alpha value is -6.08. The molecule has 0 saturated carbocycles. The maximum absolute atomic E-state index is 6.54. The highest BCUT2D eigenvalue weighted by Crippen LogP contribution is 2.43. The van der Waals surface area contributed by atoms with E-state index < -0.39 is 18.3 Å². The summed E-state index contributed by atoms with van der Waals surface area (Å²) < 4.78 is 20.4. The minimum atomic E-state index is -0.460. The summed E-state index contributed by atoms with van der Waals surface area (Å²) in [5.74, 6) is 0. The summed E-state index contributed by atoms with van der Waals surface area (Å²) in [6, 6.07) is 57.4. The van der Waals surface area contributed by atoms with E-state index in [9.17, 15) is 0 Å². The molecule has 4 heterocycles. The Balaban J connectivity index is 1.27. The molecule has 10 aromatic rings. The van der Waals surface area contributed by atoms with Crippen LogP contribution in [0.25, 0.3) is 82.5 Å². The predicted molar refractivity (Wildman–Crippen MR) is 225 cm³/mol. The van der Waals surface area contributed by atoms with Crippen molar-refractivity contribution in [1.29, 1.82) is 0 Å². The quantitative estimate of drug-likeness (QED) is 0.171. The van der Waals surface area contributed by atoms with Crippen molar-refractivity contribution in [2.45, 2.75) is 38.9 Å². The van der Waals surface area contributed by atoms with Crippen LogP contribution < -0.4 is 5.46 Å². The Bertz CT molecular complexity index is 3020. The van der Waals surface area contributed by atoms with Crippen LogP contribution in [0.1, 0.15) is 27.7 Å². The van der Waals surface area contributed by atoms with Crippen LogP contribution >= 0.6 is 0 Å². The van der Waals surface area contributed by atoms with Gasteiger partial charge in [0.1, 0.15) is 0 Å². The van der Waals surface area contributed by atoms with Crippen molar-refractivity contribution in [3.8, 4) is 17.1 Å². The molecule has 3 aromatic heterocycles. The number of fused-ring (bicyclic) bond motifs is 9. The minimum Gasteiger partial charge on any atom is -0.399 e. The molecular formula is C48H38BN3O2. The van der Waals surface area contributed by atoms with Gasteiger partial charge in [-0.3, -0.25) is 0 Å². The van der Waals surface area contributed by atoms with Gasteiger partial charge < -0.3 is 23.0 Å². The van der Waals surface area contributed by atoms with Gasteiger partial charge in [0.05, 0.1) is 55.7 Å². The van der Waals surface area contributed by atoms with Crippen molar-refractivity contribution in [3.63, 3.8) is 0 Å². The van der Waals surface area contributed by atoms with E-state index in [2.05, 4.69) is 199 Å². The molecule has 0 N–H and O–H groups in total. The fraction of sp³-hybridized carbons (Fsp3) is 0.125. The normalized spacial score (nSPS) is 15.5. The highest BCUT2D eigenvalue weighted by Gasteiger charge is 2.51. The van der Waals surface area contributed by atoms with Gasteiger partial charge in [-0.05, 0) is 87.8 Å². The summed E-state index contributed by atoms with van der Waals surface area (Å²) in [6.07, 6.45) is 0. The SMILES string of the molecule is CC1(C)OB(c2cccc(-n3c4ccccc4c4cc(-n5c6ccccc6c6ccccc65)c(-n5c6ccccc6c6ccccc65)cc43)c2)OC1(C)C. The van der Waals surface area contributed by atoms with Gasteiger partial charge in [-0.15, -0.1) is 0 Å². The molecule has 0 bridgehead atoms. The van der Waals surface area contributed by atoms with Crippen LogP contribution in [0.3, 0.4) is 0 Å². The zero-order valence-electron chi connectivity index (χ0n) is 30.7. The molecule has 54 heavy (non-hydrogen) atoms. The van der Waals surface area contributed by atoms with E-state index in [1.807, 2.05) is 0 Å². The second-order valence-electron chi connectivity index (χ2n) is 15.6. The molecule has 0 atom stereocenters. The average Bonchev–Trinajstić information content (AvgIpc) is 3.88. The molecule has 1 aliphatic heterocycles. The van der Waals surface area contributed by atoms with Crippen molar-refractivity contribution in [2.24, 2.45) is 0 Å². The zero-order valence-corrected chi connectivity index (χ0v) is 30.7. The Morgan fingerprint density at radius 3 is 1.22 bits per heavy atom. The number of rotatable bonds is 4. The summed E-state index contributed by atoms with van der Waals surface area (Å²) in [5, 5.41) is 7.33. The molecule has 0 aliphatic carbocycles. The van der Waals surface area contributed by atoms with E-state index in [0.29, 0.717) is 0 Å². The lowest BCUT2D eigenvalue weighted by atomic mass is 9.79. The van der Waals surface area contributed by atoms with Crippen molar-refractivity contribution in [1.82, 2.24) is 13.7 Å². The summed E-state index contributed by atoms with van der Waals surface area (Å²) in [4.78, 5) is 0. The summed E-state index contributed by atoms with van der Waals surface area (Å²) >= 11 is 0. The number of hydrogen-bond acceptors (Lipinski definition) is 2. The molecule has 1 saturated heterocycles. The van der Waals surface area contributed by atoms with Crippen LogP contribution in [-0.4, -0.2) is 32.0 Å². The molecule has 1 aliphatic rings. The lowest BCUT2D eigenvalue weighted by Crippen LogP contribution is -2.41. The molecule has 5 nitrogen and oxygen atoms in total. The van der Waals surface area contributed by atoms with Gasteiger partial charge in [0.2, 0.25) is 0 Å². The van der Waals surface area contributed by atoms with Crippen LogP contribution in [0.2, 0.25) is 0 Å². The summed E-state index contributed by atoms with van der Waals surface area (Å²) in [5.41, 5.74) is 10.4. The van der Waals surface area contributed by atoms with Crippen molar-refractivity contribution in [3.05, 3.63) is 158 Å². The molecule has 0 spiro atoms. The third kappa shape index (κ3) is 4.35. The predicted octanol–water partition coefficient (Wildman–Crippen LogP) is 11.3. The van der Waals surface area contributed by atoms with E-state index in [1.165, 1.54) is 54.4 Å². The summed E-state index contributed by atoms with van der Waals surface area (Å²) in [6.45, 7) is 8.42. The Morgan fingerprint density at radius 2 is 0.759 bits per heavy atom. The van der Waals surface area contributed by atoms with Crippen LogP contribution in [0, 0.1) is 0 Å². The van der Waals surface area contributed by atoms with Gasteiger partial charge in [-0.2, -0.15) is 0 Å². The Labute approximate surface area is 313 Å². The molecule has 260 valence electrons. The first-order valence-corrected chi connectivity index (χ1v) is 18.8. The molecule has 6 heteroatoms. The number of para-hydroxylation sites is 5. The largest absolute Gasteiger partial charge is 0.494 e. The average molecular weight is 700 g/mol. The molecule has 0 amide bonds. The lowest BCUT2D eigenvalue weighted by molar-refractivity contribution is 0.00578. The third-order valence-electron chi connectivity index (χ3n) is 12.1. The van der Waals surface area contributed by atoms with E-state index in [4.69, 9.17) is 9.31 Å².